The number of aromatic nitrogens is 1. The molecule has 0 atom stereocenters. The monoisotopic (exact) mass is 367 g/mol. The van der Waals surface area contributed by atoms with Gasteiger partial charge in [-0.05, 0) is 29.3 Å². The quantitative estimate of drug-likeness (QED) is 0.357. The molecule has 0 amide bonds. The average molecular weight is 367 g/mol. The highest BCUT2D eigenvalue weighted by atomic mass is 32.1. The van der Waals surface area contributed by atoms with E-state index in [1.807, 2.05) is 24.4 Å². The van der Waals surface area contributed by atoms with Gasteiger partial charge in [-0.2, -0.15) is 12.6 Å². The molecule has 0 aliphatic rings. The third-order valence-corrected chi connectivity index (χ3v) is 5.28. The number of para-hydroxylation sites is 2. The third kappa shape index (κ3) is 2.81. The van der Waals surface area contributed by atoms with Crippen molar-refractivity contribution >= 4 is 34.6 Å². The Labute approximate surface area is 162 Å². The number of fused-ring (bicyclic) bond motifs is 3. The first kappa shape index (κ1) is 16.2. The second-order valence-corrected chi connectivity index (χ2v) is 6.88. The molecule has 0 bridgehead atoms. The minimum absolute atomic E-state index is 0.749. The van der Waals surface area contributed by atoms with Crippen LogP contribution >= 0.6 is 12.6 Å². The molecular weight excluding hydrogens is 350 g/mol. The molecule has 0 aliphatic heterocycles. The molecule has 2 aromatic heterocycles. The second-order valence-electron chi connectivity index (χ2n) is 6.57. The Kier molecular flexibility index (Phi) is 3.95. The Morgan fingerprint density at radius 1 is 0.741 bits per heavy atom. The zero-order valence-electron chi connectivity index (χ0n) is 14.6. The van der Waals surface area contributed by atoms with E-state index in [4.69, 9.17) is 9.40 Å². The lowest BCUT2D eigenvalue weighted by molar-refractivity contribution is 0.670. The van der Waals surface area contributed by atoms with E-state index in [0.29, 0.717) is 0 Å². The lowest BCUT2D eigenvalue weighted by atomic mass is 10.0. The van der Waals surface area contributed by atoms with Gasteiger partial charge >= 0.3 is 0 Å². The number of hydrogen-bond donors (Lipinski definition) is 1. The number of rotatable bonds is 3. The van der Waals surface area contributed by atoms with Gasteiger partial charge < -0.3 is 4.42 Å². The summed E-state index contributed by atoms with van der Waals surface area (Å²) in [4.78, 5) is 4.71. The molecule has 5 aromatic rings. The fraction of sp³-hybridized carbons (Fsp3) is 0.0417. The van der Waals surface area contributed by atoms with E-state index < -0.39 is 0 Å². The largest absolute Gasteiger partial charge is 0.455 e. The van der Waals surface area contributed by atoms with E-state index in [2.05, 4.69) is 73.3 Å². The average Bonchev–Trinajstić information content (AvgIpc) is 3.13. The number of hydrogen-bond acceptors (Lipinski definition) is 3. The summed E-state index contributed by atoms with van der Waals surface area (Å²) in [5, 5.41) is 2.26. The van der Waals surface area contributed by atoms with E-state index in [-0.39, 0.29) is 0 Å². The van der Waals surface area contributed by atoms with Gasteiger partial charge in [-0.3, -0.25) is 4.98 Å². The zero-order chi connectivity index (χ0) is 18.2. The van der Waals surface area contributed by atoms with Crippen LogP contribution in [0.3, 0.4) is 0 Å². The fourth-order valence-electron chi connectivity index (χ4n) is 3.48. The highest BCUT2D eigenvalue weighted by molar-refractivity contribution is 7.79. The first-order chi connectivity index (χ1) is 13.3. The van der Waals surface area contributed by atoms with Gasteiger partial charge in [-0.1, -0.05) is 60.7 Å². The van der Waals surface area contributed by atoms with Crippen LogP contribution in [0.5, 0.6) is 0 Å². The van der Waals surface area contributed by atoms with Gasteiger partial charge in [0.1, 0.15) is 11.2 Å². The number of pyridine rings is 1. The Morgan fingerprint density at radius 2 is 1.52 bits per heavy atom. The molecule has 0 saturated carbocycles. The predicted octanol–water partition coefficient (Wildman–Crippen LogP) is 6.74. The van der Waals surface area contributed by atoms with Gasteiger partial charge in [0.25, 0.3) is 0 Å². The van der Waals surface area contributed by atoms with E-state index in [1.54, 1.807) is 0 Å². The van der Waals surface area contributed by atoms with Crippen LogP contribution in [0.2, 0.25) is 0 Å². The van der Waals surface area contributed by atoms with Crippen LogP contribution in [-0.4, -0.2) is 4.98 Å². The number of benzene rings is 3. The van der Waals surface area contributed by atoms with Crippen molar-refractivity contribution in [2.24, 2.45) is 0 Å². The zero-order valence-corrected chi connectivity index (χ0v) is 15.5. The standard InChI is InChI=1S/C24H17NOS/c27-15-16-8-10-17(11-9-16)18-12-13-22(25-14-18)21-6-3-5-20-19-4-1-2-7-23(19)26-24(20)21/h1-14,27H,15H2. The van der Waals surface area contributed by atoms with Crippen molar-refractivity contribution in [2.45, 2.75) is 5.75 Å². The van der Waals surface area contributed by atoms with Crippen LogP contribution < -0.4 is 0 Å². The normalized spacial score (nSPS) is 11.3. The van der Waals surface area contributed by atoms with Gasteiger partial charge in [-0.25, -0.2) is 0 Å². The Hall–Kier alpha value is -3.04. The van der Waals surface area contributed by atoms with Gasteiger partial charge in [0.15, 0.2) is 0 Å². The van der Waals surface area contributed by atoms with Crippen LogP contribution in [0.15, 0.2) is 89.5 Å². The molecule has 0 fully saturated rings. The van der Waals surface area contributed by atoms with Crippen molar-refractivity contribution in [2.75, 3.05) is 0 Å². The van der Waals surface area contributed by atoms with Crippen LogP contribution in [-0.2, 0) is 5.75 Å². The summed E-state index contributed by atoms with van der Waals surface area (Å²) in [6, 6.07) is 27.0. The Morgan fingerprint density at radius 3 is 2.30 bits per heavy atom. The lowest BCUT2D eigenvalue weighted by Gasteiger charge is -2.05. The van der Waals surface area contributed by atoms with Crippen LogP contribution in [0, 0.1) is 0 Å². The van der Waals surface area contributed by atoms with Gasteiger partial charge in [0, 0.05) is 33.8 Å². The van der Waals surface area contributed by atoms with Crippen molar-refractivity contribution in [3.05, 3.63) is 90.6 Å². The number of furan rings is 1. The molecule has 0 spiro atoms. The van der Waals surface area contributed by atoms with E-state index in [0.717, 1.165) is 50.1 Å². The Balaban J connectivity index is 1.58. The molecule has 3 heteroatoms. The molecule has 130 valence electrons. The summed E-state index contributed by atoms with van der Waals surface area (Å²) in [7, 11) is 0. The maximum Gasteiger partial charge on any atom is 0.144 e. The van der Waals surface area contributed by atoms with Crippen LogP contribution in [0.25, 0.3) is 44.3 Å². The van der Waals surface area contributed by atoms with Crippen LogP contribution in [0.4, 0.5) is 0 Å². The summed E-state index contributed by atoms with van der Waals surface area (Å²) < 4.78 is 6.13. The molecule has 5 rings (SSSR count). The highest BCUT2D eigenvalue weighted by Crippen LogP contribution is 2.35. The SMILES string of the molecule is SCc1ccc(-c2ccc(-c3cccc4c3oc3ccccc34)nc2)cc1. The molecule has 27 heavy (non-hydrogen) atoms. The van der Waals surface area contributed by atoms with Gasteiger partial charge in [0.2, 0.25) is 0 Å². The van der Waals surface area contributed by atoms with E-state index in [9.17, 15) is 0 Å². The summed E-state index contributed by atoms with van der Waals surface area (Å²) in [6.45, 7) is 0. The van der Waals surface area contributed by atoms with Crippen molar-refractivity contribution < 1.29 is 4.42 Å². The first-order valence-corrected chi connectivity index (χ1v) is 9.53. The van der Waals surface area contributed by atoms with Crippen molar-refractivity contribution in [1.82, 2.24) is 4.98 Å². The van der Waals surface area contributed by atoms with Gasteiger partial charge in [-0.15, -0.1) is 0 Å². The lowest BCUT2D eigenvalue weighted by Crippen LogP contribution is -1.86. The number of nitrogens with zero attached hydrogens (tertiary/aromatic N) is 1. The maximum atomic E-state index is 6.13. The molecule has 3 aromatic carbocycles. The summed E-state index contributed by atoms with van der Waals surface area (Å²) in [5.41, 5.74) is 7.18. The molecule has 0 unspecified atom stereocenters. The predicted molar refractivity (Wildman–Crippen MR) is 115 cm³/mol. The Bertz CT molecular complexity index is 1240. The summed E-state index contributed by atoms with van der Waals surface area (Å²) >= 11 is 4.31. The van der Waals surface area contributed by atoms with Crippen molar-refractivity contribution in [3.63, 3.8) is 0 Å². The minimum atomic E-state index is 0.749. The molecule has 0 aliphatic carbocycles. The van der Waals surface area contributed by atoms with Crippen molar-refractivity contribution in [1.29, 1.82) is 0 Å². The molecule has 0 radical (unpaired) electrons. The summed E-state index contributed by atoms with van der Waals surface area (Å²) in [5.74, 6) is 0.749. The number of thiol groups is 1. The van der Waals surface area contributed by atoms with E-state index in [1.165, 1.54) is 5.56 Å². The third-order valence-electron chi connectivity index (χ3n) is 4.91. The van der Waals surface area contributed by atoms with E-state index >= 15 is 0 Å². The molecule has 2 nitrogen and oxygen atoms in total. The highest BCUT2D eigenvalue weighted by Gasteiger charge is 2.12. The van der Waals surface area contributed by atoms with Crippen molar-refractivity contribution in [3.8, 4) is 22.4 Å². The van der Waals surface area contributed by atoms with Crippen LogP contribution in [0.1, 0.15) is 5.56 Å². The smallest absolute Gasteiger partial charge is 0.144 e. The second kappa shape index (κ2) is 6.60. The topological polar surface area (TPSA) is 26.0 Å². The molecule has 0 saturated heterocycles. The summed E-state index contributed by atoms with van der Waals surface area (Å²) in [6.07, 6.45) is 1.92. The maximum absolute atomic E-state index is 6.13. The first-order valence-electron chi connectivity index (χ1n) is 8.90. The molecule has 2 heterocycles. The molecule has 0 N–H and O–H groups in total. The fourth-order valence-corrected chi connectivity index (χ4v) is 3.69. The molecular formula is C24H17NOS. The minimum Gasteiger partial charge on any atom is -0.455 e. The van der Waals surface area contributed by atoms with Gasteiger partial charge in [0.05, 0.1) is 5.69 Å².